The van der Waals surface area contributed by atoms with Gasteiger partial charge in [-0.15, -0.1) is 24.4 Å². The van der Waals surface area contributed by atoms with Gasteiger partial charge in [-0.2, -0.15) is 0 Å². The fourth-order valence-corrected chi connectivity index (χ4v) is 3.97. The van der Waals surface area contributed by atoms with E-state index in [-0.39, 0.29) is 0 Å². The highest BCUT2D eigenvalue weighted by atomic mass is 32.2. The fourth-order valence-electron chi connectivity index (χ4n) is 2.02. The van der Waals surface area contributed by atoms with Crippen LogP contribution in [0.4, 0.5) is 0 Å². The highest BCUT2D eigenvalue weighted by molar-refractivity contribution is 8.11. The van der Waals surface area contributed by atoms with Gasteiger partial charge in [0.05, 0.1) is 4.71 Å². The minimum Gasteiger partial charge on any atom is -0.293 e. The van der Waals surface area contributed by atoms with Crippen LogP contribution < -0.4 is 5.32 Å². The summed E-state index contributed by atoms with van der Waals surface area (Å²) in [6.07, 6.45) is 7.05. The summed E-state index contributed by atoms with van der Waals surface area (Å²) < 4.78 is 0.406. The van der Waals surface area contributed by atoms with E-state index in [4.69, 9.17) is 0 Å². The highest BCUT2D eigenvalue weighted by Gasteiger charge is 2.32. The number of fused-ring (bicyclic) bond motifs is 1. The van der Waals surface area contributed by atoms with E-state index in [1.807, 2.05) is 11.8 Å². The fraction of sp³-hybridized carbons (Fsp3) is 1.00. The molecule has 1 nitrogen and oxygen atoms in total. The van der Waals surface area contributed by atoms with E-state index < -0.39 is 0 Å². The second-order valence-electron chi connectivity index (χ2n) is 3.44. The van der Waals surface area contributed by atoms with Gasteiger partial charge in [-0.25, -0.2) is 0 Å². The molecule has 2 fully saturated rings. The number of hydrogen-bond donors (Lipinski definition) is 2. The molecule has 3 heteroatoms. The van der Waals surface area contributed by atoms with Crippen LogP contribution in [-0.2, 0) is 0 Å². The maximum Gasteiger partial charge on any atom is 0.0979 e. The van der Waals surface area contributed by atoms with E-state index >= 15 is 0 Å². The first-order valence-corrected chi connectivity index (χ1v) is 5.92. The van der Waals surface area contributed by atoms with Crippen molar-refractivity contribution in [3.05, 3.63) is 0 Å². The monoisotopic (exact) mass is 189 g/mol. The summed E-state index contributed by atoms with van der Waals surface area (Å²) in [6, 6.07) is 0.769. The van der Waals surface area contributed by atoms with Crippen molar-refractivity contribution in [2.24, 2.45) is 0 Å². The zero-order chi connectivity index (χ0) is 7.68. The SMILES string of the molecule is SC1NC2CCCCCC2S1. The molecule has 0 radical (unpaired) electrons. The van der Waals surface area contributed by atoms with Gasteiger partial charge >= 0.3 is 0 Å². The van der Waals surface area contributed by atoms with Gasteiger partial charge in [0.25, 0.3) is 0 Å². The Kier molecular flexibility index (Phi) is 2.69. The van der Waals surface area contributed by atoms with Crippen LogP contribution in [0.15, 0.2) is 0 Å². The van der Waals surface area contributed by atoms with Crippen LogP contribution in [0.2, 0.25) is 0 Å². The summed E-state index contributed by atoms with van der Waals surface area (Å²) in [5, 5.41) is 4.38. The van der Waals surface area contributed by atoms with Crippen molar-refractivity contribution < 1.29 is 0 Å². The molecular formula is C8H15NS2. The molecule has 0 bridgehead atoms. The molecule has 2 rings (SSSR count). The Balaban J connectivity index is 1.96. The van der Waals surface area contributed by atoms with E-state index in [1.54, 1.807) is 0 Å². The van der Waals surface area contributed by atoms with Gasteiger partial charge in [-0.05, 0) is 12.8 Å². The number of thiol groups is 1. The lowest BCUT2D eigenvalue weighted by molar-refractivity contribution is 0.520. The predicted molar refractivity (Wildman–Crippen MR) is 54.2 cm³/mol. The van der Waals surface area contributed by atoms with Gasteiger partial charge in [0.15, 0.2) is 0 Å². The molecule has 1 heterocycles. The Labute approximate surface area is 78.1 Å². The summed E-state index contributed by atoms with van der Waals surface area (Å²) in [5.41, 5.74) is 0. The van der Waals surface area contributed by atoms with Crippen molar-refractivity contribution in [2.45, 2.75) is 48.1 Å². The molecule has 0 aromatic heterocycles. The molecule has 1 saturated heterocycles. The van der Waals surface area contributed by atoms with E-state index in [0.717, 1.165) is 11.3 Å². The molecule has 1 aliphatic carbocycles. The molecule has 11 heavy (non-hydrogen) atoms. The summed E-state index contributed by atoms with van der Waals surface area (Å²) in [6.45, 7) is 0. The summed E-state index contributed by atoms with van der Waals surface area (Å²) in [4.78, 5) is 0. The Morgan fingerprint density at radius 2 is 2.00 bits per heavy atom. The second kappa shape index (κ2) is 3.58. The molecule has 2 aliphatic rings. The molecule has 1 saturated carbocycles. The summed E-state index contributed by atoms with van der Waals surface area (Å²) in [7, 11) is 0. The third-order valence-electron chi connectivity index (χ3n) is 2.61. The third kappa shape index (κ3) is 1.87. The maximum absolute atomic E-state index is 4.43. The van der Waals surface area contributed by atoms with E-state index in [9.17, 15) is 0 Å². The van der Waals surface area contributed by atoms with Crippen molar-refractivity contribution >= 4 is 24.4 Å². The molecule has 0 spiro atoms. The Bertz CT molecular complexity index is 126. The lowest BCUT2D eigenvalue weighted by atomic mass is 10.1. The van der Waals surface area contributed by atoms with E-state index in [1.165, 1.54) is 32.1 Å². The Hall–Kier alpha value is 0.660. The number of rotatable bonds is 0. The average Bonchev–Trinajstić information content (AvgIpc) is 2.17. The van der Waals surface area contributed by atoms with Crippen molar-refractivity contribution in [1.82, 2.24) is 5.32 Å². The van der Waals surface area contributed by atoms with Crippen LogP contribution in [0.5, 0.6) is 0 Å². The van der Waals surface area contributed by atoms with Crippen molar-refractivity contribution in [3.8, 4) is 0 Å². The second-order valence-corrected chi connectivity index (χ2v) is 5.65. The zero-order valence-electron chi connectivity index (χ0n) is 6.62. The third-order valence-corrected chi connectivity index (χ3v) is 4.43. The van der Waals surface area contributed by atoms with Crippen molar-refractivity contribution in [1.29, 1.82) is 0 Å². The van der Waals surface area contributed by atoms with Gasteiger partial charge in [-0.1, -0.05) is 19.3 Å². The quantitative estimate of drug-likeness (QED) is 0.567. The van der Waals surface area contributed by atoms with Crippen molar-refractivity contribution in [3.63, 3.8) is 0 Å². The van der Waals surface area contributed by atoms with Gasteiger partial charge in [0.1, 0.15) is 0 Å². The van der Waals surface area contributed by atoms with Crippen LogP contribution in [0, 0.1) is 0 Å². The zero-order valence-corrected chi connectivity index (χ0v) is 8.33. The Morgan fingerprint density at radius 1 is 1.18 bits per heavy atom. The largest absolute Gasteiger partial charge is 0.293 e. The normalized spacial score (nSPS) is 45.0. The summed E-state index contributed by atoms with van der Waals surface area (Å²) in [5.74, 6) is 0. The minimum atomic E-state index is 0.406. The number of thioether (sulfide) groups is 1. The maximum atomic E-state index is 4.43. The summed E-state index contributed by atoms with van der Waals surface area (Å²) >= 11 is 6.45. The molecular weight excluding hydrogens is 174 g/mol. The first kappa shape index (κ1) is 8.27. The van der Waals surface area contributed by atoms with E-state index in [0.29, 0.717) is 4.71 Å². The van der Waals surface area contributed by atoms with Crippen molar-refractivity contribution in [2.75, 3.05) is 0 Å². The highest BCUT2D eigenvalue weighted by Crippen LogP contribution is 2.36. The first-order chi connectivity index (χ1) is 5.36. The first-order valence-electron chi connectivity index (χ1n) is 4.46. The topological polar surface area (TPSA) is 12.0 Å². The minimum absolute atomic E-state index is 0.406. The van der Waals surface area contributed by atoms with Crippen LogP contribution >= 0.6 is 24.4 Å². The molecule has 3 unspecified atom stereocenters. The van der Waals surface area contributed by atoms with Gasteiger partial charge in [0.2, 0.25) is 0 Å². The molecule has 3 atom stereocenters. The lowest BCUT2D eigenvalue weighted by Crippen LogP contribution is -2.30. The van der Waals surface area contributed by atoms with Crippen LogP contribution in [0.3, 0.4) is 0 Å². The number of hydrogen-bond acceptors (Lipinski definition) is 3. The molecule has 0 aromatic rings. The number of nitrogens with one attached hydrogen (secondary N) is 1. The molecule has 1 N–H and O–H groups in total. The molecule has 1 aliphatic heterocycles. The van der Waals surface area contributed by atoms with Gasteiger partial charge < -0.3 is 0 Å². The predicted octanol–water partition coefficient (Wildman–Crippen LogP) is 2.24. The van der Waals surface area contributed by atoms with E-state index in [2.05, 4.69) is 17.9 Å². The van der Waals surface area contributed by atoms with Gasteiger partial charge in [-0.3, -0.25) is 5.32 Å². The molecule has 64 valence electrons. The molecule has 0 amide bonds. The van der Waals surface area contributed by atoms with Crippen LogP contribution in [0.25, 0.3) is 0 Å². The van der Waals surface area contributed by atoms with Crippen LogP contribution in [-0.4, -0.2) is 16.0 Å². The lowest BCUT2D eigenvalue weighted by Gasteiger charge is -2.13. The average molecular weight is 189 g/mol. The Morgan fingerprint density at radius 3 is 2.91 bits per heavy atom. The van der Waals surface area contributed by atoms with Crippen LogP contribution in [0.1, 0.15) is 32.1 Å². The molecule has 0 aromatic carbocycles. The standard InChI is InChI=1S/C8H15NS2/c10-8-9-6-4-2-1-3-5-7(6)11-8/h6-10H,1-5H2. The smallest absolute Gasteiger partial charge is 0.0979 e. The van der Waals surface area contributed by atoms with Gasteiger partial charge in [0, 0.05) is 11.3 Å².